The zero-order chi connectivity index (χ0) is 17.8. The monoisotopic (exact) mass is 359 g/mol. The zero-order valence-electron chi connectivity index (χ0n) is 15.1. The lowest BCUT2D eigenvalue weighted by molar-refractivity contribution is -0.132. The molecule has 0 bridgehead atoms. The number of aromatic nitrogens is 1. The van der Waals surface area contributed by atoms with E-state index >= 15 is 0 Å². The van der Waals surface area contributed by atoms with Gasteiger partial charge in [0, 0.05) is 36.6 Å². The first-order chi connectivity index (χ1) is 12.1. The van der Waals surface area contributed by atoms with E-state index in [1.165, 1.54) is 0 Å². The third kappa shape index (κ3) is 4.19. The van der Waals surface area contributed by atoms with Crippen LogP contribution in [0.15, 0.2) is 24.3 Å². The molecule has 1 aliphatic rings. The summed E-state index contributed by atoms with van der Waals surface area (Å²) < 4.78 is 5.29. The van der Waals surface area contributed by atoms with Crippen LogP contribution in [0.2, 0.25) is 0 Å². The Kier molecular flexibility index (Phi) is 5.71. The lowest BCUT2D eigenvalue weighted by Gasteiger charge is -2.34. The summed E-state index contributed by atoms with van der Waals surface area (Å²) in [5.74, 6) is 1.02. The minimum absolute atomic E-state index is 0.208. The summed E-state index contributed by atoms with van der Waals surface area (Å²) in [5, 5.41) is 0.940. The van der Waals surface area contributed by atoms with E-state index in [0.29, 0.717) is 6.42 Å². The molecule has 0 spiro atoms. The number of nitrogens with zero attached hydrogens (tertiary/aromatic N) is 3. The van der Waals surface area contributed by atoms with Gasteiger partial charge in [0.1, 0.15) is 10.8 Å². The molecule has 134 valence electrons. The van der Waals surface area contributed by atoms with Crippen LogP contribution in [0.5, 0.6) is 5.75 Å². The second kappa shape index (κ2) is 7.97. The van der Waals surface area contributed by atoms with Crippen LogP contribution >= 0.6 is 11.3 Å². The predicted octanol–water partition coefficient (Wildman–Crippen LogP) is 2.83. The largest absolute Gasteiger partial charge is 0.497 e. The number of methoxy groups -OCH3 is 1. The van der Waals surface area contributed by atoms with E-state index in [4.69, 9.17) is 4.74 Å². The fourth-order valence-electron chi connectivity index (χ4n) is 3.03. The van der Waals surface area contributed by atoms with Crippen molar-refractivity contribution in [3.05, 3.63) is 34.8 Å². The Labute approximate surface area is 153 Å². The fraction of sp³-hybridized carbons (Fsp3) is 0.474. The van der Waals surface area contributed by atoms with Crippen LogP contribution in [0.4, 0.5) is 0 Å². The smallest absolute Gasteiger partial charge is 0.227 e. The van der Waals surface area contributed by atoms with E-state index in [0.717, 1.165) is 59.6 Å². The van der Waals surface area contributed by atoms with Crippen LogP contribution in [-0.4, -0.2) is 60.5 Å². The molecule has 1 aromatic carbocycles. The highest BCUT2D eigenvalue weighted by Gasteiger charge is 2.22. The van der Waals surface area contributed by atoms with Crippen LogP contribution in [0, 0.1) is 6.92 Å². The summed E-state index contributed by atoms with van der Waals surface area (Å²) >= 11 is 1.60. The highest BCUT2D eigenvalue weighted by Crippen LogP contribution is 2.30. The van der Waals surface area contributed by atoms with Crippen LogP contribution < -0.4 is 4.74 Å². The number of ether oxygens (including phenoxy) is 1. The van der Waals surface area contributed by atoms with E-state index in [-0.39, 0.29) is 5.91 Å². The second-order valence-corrected chi connectivity index (χ2v) is 7.34. The van der Waals surface area contributed by atoms with Crippen molar-refractivity contribution in [3.63, 3.8) is 0 Å². The first kappa shape index (κ1) is 17.9. The van der Waals surface area contributed by atoms with Gasteiger partial charge in [-0.05, 0) is 25.6 Å². The Morgan fingerprint density at radius 2 is 2.04 bits per heavy atom. The molecular weight excluding hydrogens is 334 g/mol. The molecule has 2 aromatic rings. The predicted molar refractivity (Wildman–Crippen MR) is 101 cm³/mol. The van der Waals surface area contributed by atoms with Crippen molar-refractivity contribution in [3.8, 4) is 16.3 Å². The Hall–Kier alpha value is -1.92. The summed E-state index contributed by atoms with van der Waals surface area (Å²) in [6.45, 7) is 8.80. The molecule has 25 heavy (non-hydrogen) atoms. The van der Waals surface area contributed by atoms with Gasteiger partial charge in [0.05, 0.1) is 19.2 Å². The molecule has 5 nitrogen and oxygen atoms in total. The van der Waals surface area contributed by atoms with Gasteiger partial charge in [0.2, 0.25) is 5.91 Å². The molecule has 0 saturated carbocycles. The van der Waals surface area contributed by atoms with Crippen molar-refractivity contribution in [2.75, 3.05) is 39.8 Å². The normalized spacial score (nSPS) is 15.4. The van der Waals surface area contributed by atoms with Crippen LogP contribution in [0.1, 0.15) is 17.5 Å². The van der Waals surface area contributed by atoms with E-state index < -0.39 is 0 Å². The number of piperazine rings is 1. The molecule has 1 saturated heterocycles. The van der Waals surface area contributed by atoms with Gasteiger partial charge >= 0.3 is 0 Å². The van der Waals surface area contributed by atoms with Crippen molar-refractivity contribution in [2.24, 2.45) is 0 Å². The van der Waals surface area contributed by atoms with Crippen molar-refractivity contribution < 1.29 is 9.53 Å². The lowest BCUT2D eigenvalue weighted by Crippen LogP contribution is -2.48. The van der Waals surface area contributed by atoms with Gasteiger partial charge < -0.3 is 14.5 Å². The minimum Gasteiger partial charge on any atom is -0.497 e. The summed E-state index contributed by atoms with van der Waals surface area (Å²) in [7, 11) is 1.66. The lowest BCUT2D eigenvalue weighted by atomic mass is 10.2. The third-order valence-corrected chi connectivity index (χ3v) is 5.90. The summed E-state index contributed by atoms with van der Waals surface area (Å²) in [4.78, 5) is 22.7. The van der Waals surface area contributed by atoms with E-state index in [2.05, 4.69) is 16.8 Å². The summed E-state index contributed by atoms with van der Waals surface area (Å²) in [5.41, 5.74) is 1.98. The number of amides is 1. The van der Waals surface area contributed by atoms with Gasteiger partial charge in [-0.25, -0.2) is 4.98 Å². The van der Waals surface area contributed by atoms with Gasteiger partial charge in [-0.1, -0.05) is 19.1 Å². The van der Waals surface area contributed by atoms with Crippen LogP contribution in [-0.2, 0) is 11.2 Å². The highest BCUT2D eigenvalue weighted by atomic mass is 32.1. The summed E-state index contributed by atoms with van der Waals surface area (Å²) in [6, 6.07) is 7.89. The molecule has 1 aromatic heterocycles. The van der Waals surface area contributed by atoms with E-state index in [1.54, 1.807) is 18.4 Å². The number of rotatable bonds is 5. The molecule has 6 heteroatoms. The quantitative estimate of drug-likeness (QED) is 0.824. The molecule has 0 aliphatic carbocycles. The molecular formula is C19H25N3O2S. The first-order valence-electron chi connectivity index (χ1n) is 8.71. The molecule has 3 rings (SSSR count). The third-order valence-electron chi connectivity index (χ3n) is 4.69. The minimum atomic E-state index is 0.208. The van der Waals surface area contributed by atoms with Gasteiger partial charge in [-0.3, -0.25) is 4.79 Å². The Morgan fingerprint density at radius 1 is 1.28 bits per heavy atom. The number of carbonyl (C=O) groups is 1. The number of thiazole rings is 1. The average molecular weight is 359 g/mol. The summed E-state index contributed by atoms with van der Waals surface area (Å²) in [6.07, 6.45) is 0.444. The number of aryl methyl sites for hydroxylation is 1. The molecule has 0 radical (unpaired) electrons. The van der Waals surface area contributed by atoms with Crippen molar-refractivity contribution >= 4 is 17.2 Å². The maximum absolute atomic E-state index is 12.6. The molecule has 0 unspecified atom stereocenters. The Morgan fingerprint density at radius 3 is 2.72 bits per heavy atom. The maximum atomic E-state index is 12.6. The van der Waals surface area contributed by atoms with Gasteiger partial charge in [-0.15, -0.1) is 11.3 Å². The Bertz CT molecular complexity index is 736. The highest BCUT2D eigenvalue weighted by molar-refractivity contribution is 7.15. The fourth-order valence-corrected chi connectivity index (χ4v) is 4.08. The molecule has 1 amide bonds. The van der Waals surface area contributed by atoms with E-state index in [9.17, 15) is 4.79 Å². The molecule has 0 atom stereocenters. The molecule has 1 fully saturated rings. The van der Waals surface area contributed by atoms with Gasteiger partial charge in [0.15, 0.2) is 0 Å². The SMILES string of the molecule is CCN1CCN(C(=O)Cc2sc(-c3cccc(OC)c3)nc2C)CC1. The first-order valence-corrected chi connectivity index (χ1v) is 9.53. The second-order valence-electron chi connectivity index (χ2n) is 6.25. The van der Waals surface area contributed by atoms with Gasteiger partial charge in [0.25, 0.3) is 0 Å². The zero-order valence-corrected chi connectivity index (χ0v) is 15.9. The van der Waals surface area contributed by atoms with E-state index in [1.807, 2.05) is 36.1 Å². The average Bonchev–Trinajstić information content (AvgIpc) is 3.02. The van der Waals surface area contributed by atoms with Gasteiger partial charge in [-0.2, -0.15) is 0 Å². The number of hydrogen-bond acceptors (Lipinski definition) is 5. The van der Waals surface area contributed by atoms with Crippen molar-refractivity contribution in [1.29, 1.82) is 0 Å². The van der Waals surface area contributed by atoms with Crippen molar-refractivity contribution in [1.82, 2.24) is 14.8 Å². The molecule has 2 heterocycles. The maximum Gasteiger partial charge on any atom is 0.227 e. The standard InChI is InChI=1S/C19H25N3O2S/c1-4-21-8-10-22(11-9-21)18(23)13-17-14(2)20-19(25-17)15-6-5-7-16(12-15)24-3/h5-7,12H,4,8-11,13H2,1-3H3. The number of likely N-dealkylation sites (N-methyl/N-ethyl adjacent to an activating group) is 1. The Balaban J connectivity index is 1.69. The van der Waals surface area contributed by atoms with Crippen LogP contribution in [0.3, 0.4) is 0 Å². The number of hydrogen-bond donors (Lipinski definition) is 0. The number of carbonyl (C=O) groups excluding carboxylic acids is 1. The molecule has 1 aliphatic heterocycles. The van der Waals surface area contributed by atoms with Crippen molar-refractivity contribution in [2.45, 2.75) is 20.3 Å². The molecule has 0 N–H and O–H groups in total. The van der Waals surface area contributed by atoms with Crippen LogP contribution in [0.25, 0.3) is 10.6 Å². The number of benzene rings is 1. The topological polar surface area (TPSA) is 45.7 Å².